The Labute approximate surface area is 240 Å². The molecule has 3 nitrogen and oxygen atoms in total. The number of rotatable bonds is 11. The van der Waals surface area contributed by atoms with Crippen molar-refractivity contribution in [2.45, 2.75) is 13.8 Å². The van der Waals surface area contributed by atoms with Gasteiger partial charge in [-0.1, -0.05) is 105 Å². The van der Waals surface area contributed by atoms with E-state index in [-0.39, 0.29) is 0 Å². The molecule has 0 spiro atoms. The molecule has 0 aliphatic heterocycles. The summed E-state index contributed by atoms with van der Waals surface area (Å²) >= 11 is 3.39. The molecule has 4 rings (SSSR count). The molecule has 0 saturated carbocycles. The van der Waals surface area contributed by atoms with Gasteiger partial charge in [-0.3, -0.25) is 0 Å². The fourth-order valence-corrected chi connectivity index (χ4v) is 6.28. The lowest BCUT2D eigenvalue weighted by molar-refractivity contribution is 0.0641. The Morgan fingerprint density at radius 3 is 1.51 bits per heavy atom. The van der Waals surface area contributed by atoms with Gasteiger partial charge >= 0.3 is 5.97 Å². The summed E-state index contributed by atoms with van der Waals surface area (Å²) in [4.78, 5) is 13.7. The molecular weight excluding hydrogens is 521 g/mol. The van der Waals surface area contributed by atoms with E-state index in [1.165, 1.54) is 0 Å². The lowest BCUT2D eigenvalue weighted by Gasteiger charge is -2.22. The van der Waals surface area contributed by atoms with Crippen LogP contribution < -0.4 is 4.74 Å². The first-order valence-electron chi connectivity index (χ1n) is 12.9. The lowest BCUT2D eigenvalue weighted by Crippen LogP contribution is -2.10. The van der Waals surface area contributed by atoms with E-state index in [1.54, 1.807) is 54.9 Å². The molecular formula is C34H32O3S2. The molecule has 0 radical (unpaired) electrons. The van der Waals surface area contributed by atoms with Crippen LogP contribution in [0.4, 0.5) is 0 Å². The molecule has 0 bridgehead atoms. The number of allylic oxidation sites excluding steroid dienone is 1. The van der Waals surface area contributed by atoms with E-state index >= 15 is 0 Å². The van der Waals surface area contributed by atoms with Crippen molar-refractivity contribution >= 4 is 40.6 Å². The number of hydrogen-bond donors (Lipinski definition) is 0. The number of esters is 1. The highest BCUT2D eigenvalue weighted by atomic mass is 32.2. The van der Waals surface area contributed by atoms with Crippen molar-refractivity contribution in [1.29, 1.82) is 0 Å². The van der Waals surface area contributed by atoms with Crippen LogP contribution in [0, 0.1) is 0 Å². The molecule has 0 N–H and O–H groups in total. The number of ether oxygens (including phenoxy) is 2. The first-order valence-corrected chi connectivity index (χ1v) is 14.9. The molecule has 5 heteroatoms. The number of carbonyl (C=O) groups excluding carboxylic acids is 1. The molecule has 0 fully saturated rings. The molecule has 0 saturated heterocycles. The van der Waals surface area contributed by atoms with E-state index in [4.69, 9.17) is 9.47 Å². The highest BCUT2D eigenvalue weighted by Crippen LogP contribution is 2.43. The zero-order valence-electron chi connectivity index (χ0n) is 22.4. The van der Waals surface area contributed by atoms with Gasteiger partial charge in [0.15, 0.2) is 5.76 Å². The first-order chi connectivity index (χ1) is 19.2. The molecule has 4 aromatic rings. The Morgan fingerprint density at radius 1 is 0.615 bits per heavy atom. The van der Waals surface area contributed by atoms with Gasteiger partial charge in [0.05, 0.1) is 16.9 Å². The Morgan fingerprint density at radius 2 is 1.08 bits per heavy atom. The monoisotopic (exact) mass is 552 g/mol. The summed E-state index contributed by atoms with van der Waals surface area (Å²) in [6, 6.07) is 37.8. The number of hydrogen-bond acceptors (Lipinski definition) is 5. The van der Waals surface area contributed by atoms with Gasteiger partial charge in [-0.25, -0.2) is 4.79 Å². The minimum atomic E-state index is -0.410. The highest BCUT2D eigenvalue weighted by molar-refractivity contribution is 8.22. The second-order valence-electron chi connectivity index (χ2n) is 8.45. The molecule has 4 aromatic carbocycles. The van der Waals surface area contributed by atoms with Crippen molar-refractivity contribution in [3.05, 3.63) is 148 Å². The van der Waals surface area contributed by atoms with Crippen molar-refractivity contribution in [1.82, 2.24) is 0 Å². The summed E-state index contributed by atoms with van der Waals surface area (Å²) in [6.45, 7) is 4.23. The first kappa shape index (κ1) is 28.3. The van der Waals surface area contributed by atoms with Crippen molar-refractivity contribution in [2.24, 2.45) is 0 Å². The summed E-state index contributed by atoms with van der Waals surface area (Å²) in [7, 11) is 1.61. The minimum absolute atomic E-state index is 0.410. The average molecular weight is 553 g/mol. The standard InChI is InChI=1S/C34H32O3S2/c1-4-38-34(39-5-2)32(37-33(35)28-21-23-29(36-3)24-22-28)31(27-19-13-8-14-20-27)30(25-15-9-6-10-16-25)26-17-11-7-12-18-26/h6-24H,4-5H2,1-3H3. The second kappa shape index (κ2) is 14.5. The quantitative estimate of drug-likeness (QED) is 0.0802. The summed E-state index contributed by atoms with van der Waals surface area (Å²) in [6.07, 6.45) is 0. The number of methoxy groups -OCH3 is 1. The maximum Gasteiger partial charge on any atom is 0.343 e. The number of carbonyl (C=O) groups is 1. The normalized spacial score (nSPS) is 10.4. The Hall–Kier alpha value is -3.67. The van der Waals surface area contributed by atoms with Crippen LogP contribution in [0.3, 0.4) is 0 Å². The van der Waals surface area contributed by atoms with Gasteiger partial charge in [-0.15, -0.1) is 23.5 Å². The molecule has 0 aliphatic carbocycles. The molecule has 0 heterocycles. The van der Waals surface area contributed by atoms with Gasteiger partial charge in [0.1, 0.15) is 5.75 Å². The van der Waals surface area contributed by atoms with Gasteiger partial charge in [0, 0.05) is 11.1 Å². The van der Waals surface area contributed by atoms with E-state index in [2.05, 4.69) is 50.2 Å². The van der Waals surface area contributed by atoms with Crippen molar-refractivity contribution in [3.63, 3.8) is 0 Å². The largest absolute Gasteiger partial charge is 0.497 e. The molecule has 0 atom stereocenters. The van der Waals surface area contributed by atoms with Crippen LogP contribution in [0.2, 0.25) is 0 Å². The summed E-state index contributed by atoms with van der Waals surface area (Å²) in [5, 5.41) is 0. The third kappa shape index (κ3) is 7.25. The maximum atomic E-state index is 13.7. The van der Waals surface area contributed by atoms with Crippen molar-refractivity contribution in [2.75, 3.05) is 18.6 Å². The summed E-state index contributed by atoms with van der Waals surface area (Å²) in [5.41, 5.74) is 5.41. The fourth-order valence-electron chi connectivity index (χ4n) is 4.17. The number of benzene rings is 4. The molecule has 0 amide bonds. The molecule has 198 valence electrons. The molecule has 39 heavy (non-hydrogen) atoms. The van der Waals surface area contributed by atoms with Gasteiger partial charge in [0.2, 0.25) is 0 Å². The predicted octanol–water partition coefficient (Wildman–Crippen LogP) is 9.19. The van der Waals surface area contributed by atoms with E-state index < -0.39 is 5.97 Å². The third-order valence-corrected chi connectivity index (χ3v) is 8.10. The van der Waals surface area contributed by atoms with Gasteiger partial charge in [0.25, 0.3) is 0 Å². The summed E-state index contributed by atoms with van der Waals surface area (Å²) < 4.78 is 12.7. The predicted molar refractivity (Wildman–Crippen MR) is 167 cm³/mol. The molecule has 0 unspecified atom stereocenters. The van der Waals surface area contributed by atoms with Crippen LogP contribution in [0.5, 0.6) is 5.75 Å². The van der Waals surface area contributed by atoms with E-state index in [0.29, 0.717) is 17.1 Å². The minimum Gasteiger partial charge on any atom is -0.497 e. The van der Waals surface area contributed by atoms with E-state index in [1.807, 2.05) is 54.6 Å². The average Bonchev–Trinajstić information content (AvgIpc) is 3.00. The second-order valence-corrected chi connectivity index (χ2v) is 11.3. The summed E-state index contributed by atoms with van der Waals surface area (Å²) in [5.74, 6) is 2.54. The van der Waals surface area contributed by atoms with E-state index in [0.717, 1.165) is 43.6 Å². The van der Waals surface area contributed by atoms with Gasteiger partial charge in [-0.2, -0.15) is 0 Å². The van der Waals surface area contributed by atoms with Crippen LogP contribution in [-0.4, -0.2) is 24.6 Å². The smallest absolute Gasteiger partial charge is 0.343 e. The Balaban J connectivity index is 2.03. The molecule has 0 aliphatic rings. The van der Waals surface area contributed by atoms with Gasteiger partial charge in [-0.05, 0) is 52.5 Å². The maximum absolute atomic E-state index is 13.7. The topological polar surface area (TPSA) is 35.5 Å². The Bertz CT molecular complexity index is 1360. The van der Waals surface area contributed by atoms with Crippen molar-refractivity contribution < 1.29 is 14.3 Å². The Kier molecular flexibility index (Phi) is 10.5. The molecule has 0 aromatic heterocycles. The van der Waals surface area contributed by atoms with Crippen LogP contribution in [0.25, 0.3) is 11.1 Å². The zero-order valence-corrected chi connectivity index (χ0v) is 24.1. The third-order valence-electron chi connectivity index (χ3n) is 5.92. The lowest BCUT2D eigenvalue weighted by atomic mass is 9.88. The van der Waals surface area contributed by atoms with Crippen LogP contribution in [0.1, 0.15) is 40.9 Å². The zero-order chi connectivity index (χ0) is 27.5. The van der Waals surface area contributed by atoms with E-state index in [9.17, 15) is 4.79 Å². The van der Waals surface area contributed by atoms with Crippen LogP contribution >= 0.6 is 23.5 Å². The van der Waals surface area contributed by atoms with Gasteiger partial charge < -0.3 is 9.47 Å². The van der Waals surface area contributed by atoms with Crippen LogP contribution in [0.15, 0.2) is 125 Å². The van der Waals surface area contributed by atoms with Crippen LogP contribution in [-0.2, 0) is 4.74 Å². The number of thioether (sulfide) groups is 2. The SMILES string of the molecule is CCSC(SCC)=C(OC(=O)c1ccc(OC)cc1)C(=C(c1ccccc1)c1ccccc1)c1ccccc1. The van der Waals surface area contributed by atoms with Crippen molar-refractivity contribution in [3.8, 4) is 5.75 Å². The highest BCUT2D eigenvalue weighted by Gasteiger charge is 2.25. The fraction of sp³-hybridized carbons (Fsp3) is 0.147.